The van der Waals surface area contributed by atoms with E-state index in [-0.39, 0.29) is 11.8 Å². The van der Waals surface area contributed by atoms with Crippen LogP contribution in [0.5, 0.6) is 5.88 Å². The highest BCUT2D eigenvalue weighted by Gasteiger charge is 2.19. The summed E-state index contributed by atoms with van der Waals surface area (Å²) in [6.45, 7) is 5.30. The summed E-state index contributed by atoms with van der Waals surface area (Å²) in [5.41, 5.74) is 1.16. The van der Waals surface area contributed by atoms with Crippen LogP contribution in [0.25, 0.3) is 0 Å². The summed E-state index contributed by atoms with van der Waals surface area (Å²) < 4.78 is 5.83. The Morgan fingerprint density at radius 1 is 1.44 bits per heavy atom. The van der Waals surface area contributed by atoms with Gasteiger partial charge in [0.2, 0.25) is 5.88 Å². The topological polar surface area (TPSA) is 77.3 Å². The van der Waals surface area contributed by atoms with Gasteiger partial charge < -0.3 is 10.1 Å². The van der Waals surface area contributed by atoms with Crippen LogP contribution in [-0.2, 0) is 0 Å². The van der Waals surface area contributed by atoms with Crippen LogP contribution in [0.2, 0.25) is 0 Å². The van der Waals surface area contributed by atoms with Crippen LogP contribution in [0, 0.1) is 24.0 Å². The molecule has 6 nitrogen and oxygen atoms in total. The van der Waals surface area contributed by atoms with Crippen molar-refractivity contribution >= 4 is 5.69 Å². The lowest BCUT2D eigenvalue weighted by atomic mass is 10.1. The molecule has 1 aliphatic heterocycles. The lowest BCUT2D eigenvalue weighted by molar-refractivity contribution is -0.385. The third kappa shape index (κ3) is 2.76. The average Bonchev–Trinajstić information content (AvgIpc) is 2.34. The number of ether oxygens (including phenoxy) is 1. The normalized spacial score (nSPS) is 16.6. The zero-order valence-corrected chi connectivity index (χ0v) is 10.6. The molecule has 0 aliphatic carbocycles. The highest BCUT2D eigenvalue weighted by molar-refractivity contribution is 5.42. The first-order valence-electron chi connectivity index (χ1n) is 6.08. The van der Waals surface area contributed by atoms with Crippen molar-refractivity contribution in [2.24, 2.45) is 0 Å². The molecule has 1 aromatic rings. The van der Waals surface area contributed by atoms with Crippen LogP contribution in [0.3, 0.4) is 0 Å². The van der Waals surface area contributed by atoms with Gasteiger partial charge in [-0.25, -0.2) is 4.98 Å². The molecule has 1 aromatic heterocycles. The monoisotopic (exact) mass is 251 g/mol. The smallest absolute Gasteiger partial charge is 0.290 e. The van der Waals surface area contributed by atoms with E-state index in [2.05, 4.69) is 10.3 Å². The first-order chi connectivity index (χ1) is 8.58. The third-order valence-corrected chi connectivity index (χ3v) is 3.09. The van der Waals surface area contributed by atoms with Gasteiger partial charge in [0.1, 0.15) is 11.8 Å². The molecule has 1 aliphatic rings. The number of nitrogens with one attached hydrogen (secondary N) is 1. The van der Waals surface area contributed by atoms with Crippen LogP contribution < -0.4 is 10.1 Å². The lowest BCUT2D eigenvalue weighted by Crippen LogP contribution is -2.34. The molecule has 0 amide bonds. The molecular formula is C12H17N3O3. The minimum atomic E-state index is -0.413. The van der Waals surface area contributed by atoms with Crippen molar-refractivity contribution in [3.05, 3.63) is 27.4 Å². The van der Waals surface area contributed by atoms with E-state index in [1.54, 1.807) is 13.8 Å². The molecule has 0 unspecified atom stereocenters. The molecule has 18 heavy (non-hydrogen) atoms. The number of hydrogen-bond donors (Lipinski definition) is 1. The Balaban J connectivity index is 2.18. The minimum absolute atomic E-state index is 0.0464. The molecular weight excluding hydrogens is 234 g/mol. The fourth-order valence-electron chi connectivity index (χ4n) is 2.04. The molecule has 0 atom stereocenters. The predicted molar refractivity (Wildman–Crippen MR) is 66.9 cm³/mol. The summed E-state index contributed by atoms with van der Waals surface area (Å²) in [6.07, 6.45) is 2.03. The van der Waals surface area contributed by atoms with Crippen molar-refractivity contribution < 1.29 is 9.66 Å². The molecule has 6 heteroatoms. The van der Waals surface area contributed by atoms with Crippen LogP contribution in [0.4, 0.5) is 5.69 Å². The van der Waals surface area contributed by atoms with Gasteiger partial charge in [0.05, 0.1) is 4.92 Å². The third-order valence-electron chi connectivity index (χ3n) is 3.09. The van der Waals surface area contributed by atoms with Gasteiger partial charge in [-0.1, -0.05) is 0 Å². The molecule has 0 aromatic carbocycles. The summed E-state index contributed by atoms with van der Waals surface area (Å²) in [6, 6.07) is 1.53. The van der Waals surface area contributed by atoms with Gasteiger partial charge in [0.15, 0.2) is 0 Å². The largest absolute Gasteiger partial charge is 0.474 e. The van der Waals surface area contributed by atoms with Crippen molar-refractivity contribution in [2.75, 3.05) is 13.1 Å². The second-order valence-electron chi connectivity index (χ2n) is 4.54. The highest BCUT2D eigenvalue weighted by atomic mass is 16.6. The van der Waals surface area contributed by atoms with Crippen molar-refractivity contribution in [3.63, 3.8) is 0 Å². The Labute approximate surface area is 106 Å². The lowest BCUT2D eigenvalue weighted by Gasteiger charge is -2.24. The molecule has 0 spiro atoms. The van der Waals surface area contributed by atoms with Gasteiger partial charge in [-0.15, -0.1) is 0 Å². The van der Waals surface area contributed by atoms with Gasteiger partial charge in [-0.05, 0) is 39.8 Å². The Hall–Kier alpha value is -1.69. The molecule has 0 bridgehead atoms. The van der Waals surface area contributed by atoms with E-state index in [4.69, 9.17) is 4.74 Å². The van der Waals surface area contributed by atoms with Crippen LogP contribution in [0.15, 0.2) is 6.07 Å². The standard InChI is InChI=1S/C12H17N3O3/c1-8-7-11(15(16)17)9(2)14-12(8)18-10-3-5-13-6-4-10/h7,10,13H,3-6H2,1-2H3. The second kappa shape index (κ2) is 5.30. The number of nitrogens with zero attached hydrogens (tertiary/aromatic N) is 2. The van der Waals surface area contributed by atoms with E-state index in [1.807, 2.05) is 0 Å². The van der Waals surface area contributed by atoms with Crippen molar-refractivity contribution in [3.8, 4) is 5.88 Å². The van der Waals surface area contributed by atoms with Crippen LogP contribution in [-0.4, -0.2) is 29.1 Å². The molecule has 98 valence electrons. The summed E-state index contributed by atoms with van der Waals surface area (Å²) in [5.74, 6) is 0.519. The van der Waals surface area contributed by atoms with E-state index in [0.717, 1.165) is 25.9 Å². The van der Waals surface area contributed by atoms with Gasteiger partial charge in [-0.2, -0.15) is 0 Å². The molecule has 1 fully saturated rings. The number of nitro groups is 1. The maximum Gasteiger partial charge on any atom is 0.290 e. The fourth-order valence-corrected chi connectivity index (χ4v) is 2.04. The van der Waals surface area contributed by atoms with Gasteiger partial charge in [-0.3, -0.25) is 10.1 Å². The first kappa shape index (κ1) is 12.8. The van der Waals surface area contributed by atoms with Crippen LogP contribution >= 0.6 is 0 Å². The quantitative estimate of drug-likeness (QED) is 0.654. The van der Waals surface area contributed by atoms with Crippen LogP contribution in [0.1, 0.15) is 24.1 Å². The molecule has 1 saturated heterocycles. The summed E-state index contributed by atoms with van der Waals surface area (Å²) in [4.78, 5) is 14.6. The zero-order chi connectivity index (χ0) is 13.1. The number of piperidine rings is 1. The number of aromatic nitrogens is 1. The maximum absolute atomic E-state index is 10.8. The van der Waals surface area contributed by atoms with E-state index in [9.17, 15) is 10.1 Å². The second-order valence-corrected chi connectivity index (χ2v) is 4.54. The zero-order valence-electron chi connectivity index (χ0n) is 10.6. The summed E-state index contributed by atoms with van der Waals surface area (Å²) in [5, 5.41) is 14.1. The Kier molecular flexibility index (Phi) is 3.76. The fraction of sp³-hybridized carbons (Fsp3) is 0.583. The highest BCUT2D eigenvalue weighted by Crippen LogP contribution is 2.25. The Bertz CT molecular complexity index is 456. The van der Waals surface area contributed by atoms with Crippen molar-refractivity contribution in [1.29, 1.82) is 0 Å². The number of aryl methyl sites for hydroxylation is 2. The van der Waals surface area contributed by atoms with Crippen molar-refractivity contribution in [1.82, 2.24) is 10.3 Å². The summed E-state index contributed by atoms with van der Waals surface area (Å²) in [7, 11) is 0. The SMILES string of the molecule is Cc1cc([N+](=O)[O-])c(C)nc1OC1CCNCC1. The first-order valence-corrected chi connectivity index (χ1v) is 6.08. The van der Waals surface area contributed by atoms with Gasteiger partial charge >= 0.3 is 0 Å². The maximum atomic E-state index is 10.8. The average molecular weight is 251 g/mol. The molecule has 1 N–H and O–H groups in total. The molecule has 0 saturated carbocycles. The molecule has 0 radical (unpaired) electrons. The summed E-state index contributed by atoms with van der Waals surface area (Å²) >= 11 is 0. The van der Waals surface area contributed by atoms with E-state index in [1.165, 1.54) is 6.07 Å². The van der Waals surface area contributed by atoms with Crippen molar-refractivity contribution in [2.45, 2.75) is 32.8 Å². The number of hydrogen-bond acceptors (Lipinski definition) is 5. The Morgan fingerprint density at radius 2 is 2.11 bits per heavy atom. The molecule has 2 rings (SSSR count). The number of pyridine rings is 1. The number of rotatable bonds is 3. The Morgan fingerprint density at radius 3 is 2.72 bits per heavy atom. The van der Waals surface area contributed by atoms with E-state index in [0.29, 0.717) is 17.1 Å². The van der Waals surface area contributed by atoms with Gasteiger partial charge in [0, 0.05) is 11.6 Å². The van der Waals surface area contributed by atoms with E-state index >= 15 is 0 Å². The predicted octanol–water partition coefficient (Wildman–Crippen LogP) is 1.74. The van der Waals surface area contributed by atoms with E-state index < -0.39 is 4.92 Å². The molecule has 2 heterocycles. The van der Waals surface area contributed by atoms with Gasteiger partial charge in [0.25, 0.3) is 5.69 Å². The minimum Gasteiger partial charge on any atom is -0.474 e.